The summed E-state index contributed by atoms with van der Waals surface area (Å²) >= 11 is 0. The van der Waals surface area contributed by atoms with Crippen LogP contribution in [0.4, 0.5) is 0 Å². The molecular formula is C14H23NO2. The zero-order chi connectivity index (χ0) is 12.7. The van der Waals surface area contributed by atoms with Crippen LogP contribution in [0.3, 0.4) is 0 Å². The van der Waals surface area contributed by atoms with Crippen LogP contribution in [0.15, 0.2) is 24.3 Å². The van der Waals surface area contributed by atoms with Crippen molar-refractivity contribution in [3.63, 3.8) is 0 Å². The summed E-state index contributed by atoms with van der Waals surface area (Å²) in [5.74, 6) is 0.924. The number of rotatable bonds is 7. The van der Waals surface area contributed by atoms with Crippen molar-refractivity contribution in [2.75, 3.05) is 26.7 Å². The van der Waals surface area contributed by atoms with E-state index in [1.54, 1.807) is 0 Å². The maximum Gasteiger partial charge on any atom is 0.119 e. The van der Waals surface area contributed by atoms with Crippen molar-refractivity contribution in [3.05, 3.63) is 29.8 Å². The Bertz CT molecular complexity index is 309. The molecule has 0 fully saturated rings. The highest BCUT2D eigenvalue weighted by Gasteiger charge is 2.00. The predicted molar refractivity (Wildman–Crippen MR) is 70.5 cm³/mol. The van der Waals surface area contributed by atoms with E-state index < -0.39 is 0 Å². The number of aliphatic hydroxyl groups excluding tert-OH is 1. The van der Waals surface area contributed by atoms with Crippen LogP contribution in [0.2, 0.25) is 0 Å². The lowest BCUT2D eigenvalue weighted by Crippen LogP contribution is -2.24. The Morgan fingerprint density at radius 1 is 1.18 bits per heavy atom. The molecule has 1 aromatic rings. The molecule has 0 heterocycles. The Kier molecular flexibility index (Phi) is 6.01. The van der Waals surface area contributed by atoms with Gasteiger partial charge in [-0.15, -0.1) is 0 Å². The Morgan fingerprint density at radius 3 is 2.35 bits per heavy atom. The van der Waals surface area contributed by atoms with Crippen LogP contribution in [0.25, 0.3) is 0 Å². The lowest BCUT2D eigenvalue weighted by molar-refractivity contribution is 0.223. The topological polar surface area (TPSA) is 32.7 Å². The SMILES string of the molecule is CC(C)Oc1ccc(CCN(C)CCO)cc1. The normalized spacial score (nSPS) is 11.2. The van der Waals surface area contributed by atoms with Crippen LogP contribution < -0.4 is 4.74 Å². The average molecular weight is 237 g/mol. The fourth-order valence-corrected chi connectivity index (χ4v) is 1.61. The molecule has 0 spiro atoms. The van der Waals surface area contributed by atoms with E-state index in [1.165, 1.54) is 5.56 Å². The van der Waals surface area contributed by atoms with E-state index in [4.69, 9.17) is 9.84 Å². The maximum absolute atomic E-state index is 8.80. The number of aliphatic hydroxyl groups is 1. The minimum absolute atomic E-state index is 0.219. The minimum Gasteiger partial charge on any atom is -0.491 e. The predicted octanol–water partition coefficient (Wildman–Crippen LogP) is 1.94. The van der Waals surface area contributed by atoms with Crippen LogP contribution in [-0.4, -0.2) is 42.9 Å². The molecule has 0 radical (unpaired) electrons. The van der Waals surface area contributed by atoms with Gasteiger partial charge in [0.25, 0.3) is 0 Å². The number of benzene rings is 1. The standard InChI is InChI=1S/C14H23NO2/c1-12(2)17-14-6-4-13(5-7-14)8-9-15(3)10-11-16/h4-7,12,16H,8-11H2,1-3H3. The van der Waals surface area contributed by atoms with Gasteiger partial charge in [0.15, 0.2) is 0 Å². The van der Waals surface area contributed by atoms with Crippen LogP contribution >= 0.6 is 0 Å². The van der Waals surface area contributed by atoms with E-state index in [1.807, 2.05) is 33.0 Å². The molecule has 0 unspecified atom stereocenters. The van der Waals surface area contributed by atoms with Crippen LogP contribution in [0.5, 0.6) is 5.75 Å². The molecule has 0 aromatic heterocycles. The molecule has 1 rings (SSSR count). The lowest BCUT2D eigenvalue weighted by atomic mass is 10.1. The van der Waals surface area contributed by atoms with Gasteiger partial charge in [-0.25, -0.2) is 0 Å². The second-order valence-electron chi connectivity index (χ2n) is 4.59. The fourth-order valence-electron chi connectivity index (χ4n) is 1.61. The Morgan fingerprint density at radius 2 is 1.82 bits per heavy atom. The van der Waals surface area contributed by atoms with Crippen LogP contribution in [0.1, 0.15) is 19.4 Å². The summed E-state index contributed by atoms with van der Waals surface area (Å²) < 4.78 is 5.59. The number of likely N-dealkylation sites (N-methyl/N-ethyl adjacent to an activating group) is 1. The third-order valence-corrected chi connectivity index (χ3v) is 2.56. The van der Waals surface area contributed by atoms with Crippen molar-refractivity contribution in [2.24, 2.45) is 0 Å². The van der Waals surface area contributed by atoms with Gasteiger partial charge < -0.3 is 14.7 Å². The molecule has 0 atom stereocenters. The van der Waals surface area contributed by atoms with Crippen molar-refractivity contribution < 1.29 is 9.84 Å². The zero-order valence-corrected chi connectivity index (χ0v) is 11.0. The summed E-state index contributed by atoms with van der Waals surface area (Å²) in [7, 11) is 2.02. The van der Waals surface area contributed by atoms with E-state index >= 15 is 0 Å². The van der Waals surface area contributed by atoms with Crippen molar-refractivity contribution in [2.45, 2.75) is 26.4 Å². The highest BCUT2D eigenvalue weighted by atomic mass is 16.5. The summed E-state index contributed by atoms with van der Waals surface area (Å²) in [6.07, 6.45) is 1.22. The van der Waals surface area contributed by atoms with Crippen molar-refractivity contribution >= 4 is 0 Å². The van der Waals surface area contributed by atoms with E-state index in [9.17, 15) is 0 Å². The first-order chi connectivity index (χ1) is 8.11. The molecular weight excluding hydrogens is 214 g/mol. The molecule has 1 aromatic carbocycles. The zero-order valence-electron chi connectivity index (χ0n) is 11.0. The first-order valence-electron chi connectivity index (χ1n) is 6.17. The van der Waals surface area contributed by atoms with Gasteiger partial charge in [-0.1, -0.05) is 12.1 Å². The second kappa shape index (κ2) is 7.30. The molecule has 0 saturated carbocycles. The minimum atomic E-state index is 0.219. The molecule has 0 aliphatic carbocycles. The largest absolute Gasteiger partial charge is 0.491 e. The van der Waals surface area contributed by atoms with Crippen LogP contribution in [-0.2, 0) is 6.42 Å². The number of ether oxygens (including phenoxy) is 1. The number of hydrogen-bond donors (Lipinski definition) is 1. The molecule has 0 amide bonds. The van der Waals surface area contributed by atoms with Gasteiger partial charge in [-0.3, -0.25) is 0 Å². The molecule has 0 aliphatic rings. The number of nitrogens with zero attached hydrogens (tertiary/aromatic N) is 1. The Labute approximate surface area is 104 Å². The fraction of sp³-hybridized carbons (Fsp3) is 0.571. The van der Waals surface area contributed by atoms with Gasteiger partial charge in [0, 0.05) is 13.1 Å². The van der Waals surface area contributed by atoms with Crippen molar-refractivity contribution in [1.82, 2.24) is 4.90 Å². The molecule has 1 N–H and O–H groups in total. The van der Waals surface area contributed by atoms with Gasteiger partial charge in [-0.05, 0) is 45.0 Å². The van der Waals surface area contributed by atoms with Crippen molar-refractivity contribution in [3.8, 4) is 5.75 Å². The second-order valence-corrected chi connectivity index (χ2v) is 4.59. The summed E-state index contributed by atoms with van der Waals surface area (Å²) in [5, 5.41) is 8.80. The van der Waals surface area contributed by atoms with E-state index in [2.05, 4.69) is 17.0 Å². The van der Waals surface area contributed by atoms with Gasteiger partial charge in [0.1, 0.15) is 5.75 Å². The highest BCUT2D eigenvalue weighted by molar-refractivity contribution is 5.27. The quantitative estimate of drug-likeness (QED) is 0.786. The molecule has 0 bridgehead atoms. The van der Waals surface area contributed by atoms with E-state index in [0.29, 0.717) is 0 Å². The monoisotopic (exact) mass is 237 g/mol. The van der Waals surface area contributed by atoms with Crippen molar-refractivity contribution in [1.29, 1.82) is 0 Å². The summed E-state index contributed by atoms with van der Waals surface area (Å²) in [6.45, 7) is 5.96. The van der Waals surface area contributed by atoms with E-state index in [0.717, 1.165) is 25.3 Å². The van der Waals surface area contributed by atoms with Gasteiger partial charge in [-0.2, -0.15) is 0 Å². The molecule has 0 aliphatic heterocycles. The average Bonchev–Trinajstić information content (AvgIpc) is 2.28. The molecule has 3 heteroatoms. The van der Waals surface area contributed by atoms with Crippen LogP contribution in [0, 0.1) is 0 Å². The molecule has 96 valence electrons. The third-order valence-electron chi connectivity index (χ3n) is 2.56. The maximum atomic E-state index is 8.80. The lowest BCUT2D eigenvalue weighted by Gasteiger charge is -2.15. The summed E-state index contributed by atoms with van der Waals surface area (Å²) in [5.41, 5.74) is 1.30. The van der Waals surface area contributed by atoms with Gasteiger partial charge in [0.05, 0.1) is 12.7 Å². The van der Waals surface area contributed by atoms with Gasteiger partial charge >= 0.3 is 0 Å². The van der Waals surface area contributed by atoms with E-state index in [-0.39, 0.29) is 12.7 Å². The molecule has 17 heavy (non-hydrogen) atoms. The van der Waals surface area contributed by atoms with Gasteiger partial charge in [0.2, 0.25) is 0 Å². The Balaban J connectivity index is 2.40. The first-order valence-corrected chi connectivity index (χ1v) is 6.17. The summed E-state index contributed by atoms with van der Waals surface area (Å²) in [6, 6.07) is 8.23. The molecule has 3 nitrogen and oxygen atoms in total. The first kappa shape index (κ1) is 14.0. The molecule has 0 saturated heterocycles. The third kappa shape index (κ3) is 5.71. The highest BCUT2D eigenvalue weighted by Crippen LogP contribution is 2.14. The number of hydrogen-bond acceptors (Lipinski definition) is 3. The Hall–Kier alpha value is -1.06. The smallest absolute Gasteiger partial charge is 0.119 e. The summed E-state index contributed by atoms with van der Waals surface area (Å²) in [4.78, 5) is 2.12.